The molecule has 0 amide bonds. The molecule has 0 fully saturated rings. The van der Waals surface area contributed by atoms with Gasteiger partial charge >= 0.3 is 0 Å². The average molecular weight is 344 g/mol. The molecule has 5 rings (SSSR count). The highest BCUT2D eigenvalue weighted by molar-refractivity contribution is 7.21. The minimum Gasteiger partial charge on any atom is -0.508 e. The van der Waals surface area contributed by atoms with Gasteiger partial charge in [0.05, 0.1) is 21.9 Å². The van der Waals surface area contributed by atoms with Crippen molar-refractivity contribution in [2.24, 2.45) is 0 Å². The Balaban J connectivity index is 1.60. The molecule has 1 unspecified atom stereocenters. The fourth-order valence-electron chi connectivity index (χ4n) is 3.43. The topological polar surface area (TPSA) is 45.1 Å². The van der Waals surface area contributed by atoms with Crippen LogP contribution in [0.1, 0.15) is 22.7 Å². The Bertz CT molecular complexity index is 1080. The Labute approximate surface area is 149 Å². The van der Waals surface area contributed by atoms with Crippen LogP contribution in [0.15, 0.2) is 60.7 Å². The van der Waals surface area contributed by atoms with Crippen LogP contribution in [0.4, 0.5) is 5.69 Å². The van der Waals surface area contributed by atoms with Crippen LogP contribution < -0.4 is 5.32 Å². The van der Waals surface area contributed by atoms with Gasteiger partial charge in [-0.05, 0) is 37.3 Å². The maximum Gasteiger partial charge on any atom is 0.126 e. The summed E-state index contributed by atoms with van der Waals surface area (Å²) in [5.74, 6) is 0.333. The van der Waals surface area contributed by atoms with Crippen LogP contribution in [0.25, 0.3) is 20.8 Å². The third kappa shape index (κ3) is 2.22. The molecule has 1 aliphatic rings. The summed E-state index contributed by atoms with van der Waals surface area (Å²) in [6.07, 6.45) is 0. The molecule has 2 heterocycles. The van der Waals surface area contributed by atoms with E-state index in [1.807, 2.05) is 37.3 Å². The number of para-hydroxylation sites is 2. The molecule has 4 heteroatoms. The molecular formula is C21H16N2OS. The standard InChI is InChI=1S/C21H16N2OS/c1-12-9-10-17(24)15(11-12)20-13-5-4-6-14(19(13)23-20)21-22-16-7-2-3-8-18(16)25-21/h2-11,20,23-24H,1H3. The van der Waals surface area contributed by atoms with Gasteiger partial charge in [0, 0.05) is 16.7 Å². The van der Waals surface area contributed by atoms with E-state index < -0.39 is 0 Å². The van der Waals surface area contributed by atoms with Gasteiger partial charge < -0.3 is 10.4 Å². The normalized spacial score (nSPS) is 15.5. The predicted molar refractivity (Wildman–Crippen MR) is 103 cm³/mol. The maximum absolute atomic E-state index is 10.2. The number of rotatable bonds is 2. The quantitative estimate of drug-likeness (QED) is 0.505. The van der Waals surface area contributed by atoms with Crippen molar-refractivity contribution >= 4 is 27.2 Å². The van der Waals surface area contributed by atoms with Crippen molar-refractivity contribution in [3.05, 3.63) is 77.4 Å². The van der Waals surface area contributed by atoms with Gasteiger partial charge in [-0.15, -0.1) is 11.3 Å². The molecule has 122 valence electrons. The van der Waals surface area contributed by atoms with Crippen molar-refractivity contribution in [2.45, 2.75) is 13.0 Å². The van der Waals surface area contributed by atoms with Gasteiger partial charge in [0.25, 0.3) is 0 Å². The summed E-state index contributed by atoms with van der Waals surface area (Å²) in [5.41, 5.74) is 6.55. The summed E-state index contributed by atoms with van der Waals surface area (Å²) in [6.45, 7) is 2.04. The van der Waals surface area contributed by atoms with Crippen molar-refractivity contribution in [3.63, 3.8) is 0 Å². The number of aromatic hydroxyl groups is 1. The lowest BCUT2D eigenvalue weighted by Gasteiger charge is -2.35. The first-order valence-corrected chi connectivity index (χ1v) is 9.07. The van der Waals surface area contributed by atoms with Crippen LogP contribution in [0, 0.1) is 6.92 Å². The summed E-state index contributed by atoms with van der Waals surface area (Å²) < 4.78 is 1.20. The van der Waals surface area contributed by atoms with E-state index in [0.29, 0.717) is 5.75 Å². The Morgan fingerprint density at radius 1 is 1.00 bits per heavy atom. The molecule has 0 aliphatic carbocycles. The summed E-state index contributed by atoms with van der Waals surface area (Å²) in [4.78, 5) is 4.78. The van der Waals surface area contributed by atoms with Crippen LogP contribution in [0.5, 0.6) is 5.75 Å². The third-order valence-corrected chi connectivity index (χ3v) is 5.78. The fraction of sp³-hybridized carbons (Fsp3) is 0.0952. The molecule has 3 nitrogen and oxygen atoms in total. The number of benzene rings is 3. The van der Waals surface area contributed by atoms with E-state index in [1.165, 1.54) is 10.3 Å². The highest BCUT2D eigenvalue weighted by Crippen LogP contribution is 2.48. The van der Waals surface area contributed by atoms with E-state index in [2.05, 4.69) is 29.6 Å². The Morgan fingerprint density at radius 2 is 1.88 bits per heavy atom. The Morgan fingerprint density at radius 3 is 2.76 bits per heavy atom. The third-order valence-electron chi connectivity index (χ3n) is 4.71. The second kappa shape index (κ2) is 5.33. The molecule has 3 aromatic carbocycles. The van der Waals surface area contributed by atoms with Gasteiger partial charge in [0.15, 0.2) is 0 Å². The van der Waals surface area contributed by atoms with Gasteiger partial charge in [0.1, 0.15) is 10.8 Å². The zero-order valence-corrected chi connectivity index (χ0v) is 14.5. The maximum atomic E-state index is 10.2. The highest BCUT2D eigenvalue weighted by atomic mass is 32.1. The Hall–Kier alpha value is -2.85. The molecule has 0 radical (unpaired) electrons. The lowest BCUT2D eigenvalue weighted by molar-refractivity contribution is 0.465. The average Bonchev–Trinajstić information content (AvgIpc) is 3.02. The van der Waals surface area contributed by atoms with Crippen LogP contribution in [0.3, 0.4) is 0 Å². The fourth-order valence-corrected chi connectivity index (χ4v) is 4.43. The van der Waals surface area contributed by atoms with Crippen LogP contribution in [-0.4, -0.2) is 10.1 Å². The number of phenolic OH excluding ortho intramolecular Hbond substituents is 1. The molecule has 0 spiro atoms. The number of fused-ring (bicyclic) bond motifs is 2. The van der Waals surface area contributed by atoms with Crippen molar-refractivity contribution in [2.75, 3.05) is 5.32 Å². The number of hydrogen-bond donors (Lipinski definition) is 2. The summed E-state index contributed by atoms with van der Waals surface area (Å²) in [5, 5.41) is 14.8. The van der Waals surface area contributed by atoms with Gasteiger partial charge in [-0.2, -0.15) is 0 Å². The predicted octanol–water partition coefficient (Wildman–Crippen LogP) is 5.49. The number of thiazole rings is 1. The van der Waals surface area contributed by atoms with Crippen molar-refractivity contribution in [1.29, 1.82) is 0 Å². The van der Waals surface area contributed by atoms with E-state index in [4.69, 9.17) is 4.98 Å². The summed E-state index contributed by atoms with van der Waals surface area (Å²) >= 11 is 1.71. The minimum atomic E-state index is 0.0317. The molecule has 25 heavy (non-hydrogen) atoms. The lowest BCUT2D eigenvalue weighted by Crippen LogP contribution is -2.24. The number of nitrogens with zero attached hydrogens (tertiary/aromatic N) is 1. The molecule has 0 saturated heterocycles. The zero-order valence-electron chi connectivity index (χ0n) is 13.7. The molecule has 1 aliphatic heterocycles. The van der Waals surface area contributed by atoms with Crippen LogP contribution in [-0.2, 0) is 0 Å². The SMILES string of the molecule is Cc1ccc(O)c(C2Nc3c(-c4nc5ccccc5s4)cccc32)c1. The molecule has 2 N–H and O–H groups in total. The van der Waals surface area contributed by atoms with Gasteiger partial charge in [-0.1, -0.05) is 35.9 Å². The molecule has 4 aromatic rings. The van der Waals surface area contributed by atoms with Gasteiger partial charge in [-0.3, -0.25) is 0 Å². The molecule has 1 atom stereocenters. The monoisotopic (exact) mass is 344 g/mol. The molecular weight excluding hydrogens is 328 g/mol. The van der Waals surface area contributed by atoms with Crippen molar-refractivity contribution in [3.8, 4) is 16.3 Å². The van der Waals surface area contributed by atoms with Crippen molar-refractivity contribution < 1.29 is 5.11 Å². The molecule has 0 saturated carbocycles. The smallest absolute Gasteiger partial charge is 0.126 e. The van der Waals surface area contributed by atoms with E-state index in [0.717, 1.165) is 32.9 Å². The van der Waals surface area contributed by atoms with E-state index in [9.17, 15) is 5.11 Å². The van der Waals surface area contributed by atoms with E-state index in [-0.39, 0.29) is 6.04 Å². The second-order valence-electron chi connectivity index (χ2n) is 6.40. The Kier molecular flexibility index (Phi) is 3.09. The highest BCUT2D eigenvalue weighted by Gasteiger charge is 2.31. The van der Waals surface area contributed by atoms with Crippen LogP contribution >= 0.6 is 11.3 Å². The first-order chi connectivity index (χ1) is 12.2. The number of phenols is 1. The van der Waals surface area contributed by atoms with Gasteiger partial charge in [-0.25, -0.2) is 4.98 Å². The van der Waals surface area contributed by atoms with Gasteiger partial charge in [0.2, 0.25) is 0 Å². The number of nitrogens with one attached hydrogen (secondary N) is 1. The van der Waals surface area contributed by atoms with E-state index >= 15 is 0 Å². The number of hydrogen-bond acceptors (Lipinski definition) is 4. The van der Waals surface area contributed by atoms with Crippen LogP contribution in [0.2, 0.25) is 0 Å². The van der Waals surface area contributed by atoms with E-state index in [1.54, 1.807) is 17.4 Å². The molecule has 0 bridgehead atoms. The lowest BCUT2D eigenvalue weighted by atomic mass is 9.87. The largest absolute Gasteiger partial charge is 0.508 e. The molecule has 1 aromatic heterocycles. The summed E-state index contributed by atoms with van der Waals surface area (Å²) in [6, 6.07) is 20.3. The first-order valence-electron chi connectivity index (χ1n) is 8.25. The van der Waals surface area contributed by atoms with Crippen molar-refractivity contribution in [1.82, 2.24) is 4.98 Å². The number of aryl methyl sites for hydroxylation is 1. The number of aromatic nitrogens is 1. The second-order valence-corrected chi connectivity index (χ2v) is 7.43. The summed E-state index contributed by atoms with van der Waals surface area (Å²) in [7, 11) is 0. The number of anilines is 1. The first kappa shape index (κ1) is 14.5. The minimum absolute atomic E-state index is 0.0317. The zero-order chi connectivity index (χ0) is 17.0.